The lowest BCUT2D eigenvalue weighted by Gasteiger charge is -2.21. The lowest BCUT2D eigenvalue weighted by atomic mass is 9.84. The Morgan fingerprint density at radius 3 is 1.04 bits per heavy atom. The monoisotopic (exact) mass is 1380 g/mol. The summed E-state index contributed by atoms with van der Waals surface area (Å²) in [6.07, 6.45) is 55.1. The second-order valence-electron chi connectivity index (χ2n) is 30.8. The van der Waals surface area contributed by atoms with E-state index in [4.69, 9.17) is 0 Å². The van der Waals surface area contributed by atoms with Crippen molar-refractivity contribution in [2.45, 2.75) is 137 Å². The van der Waals surface area contributed by atoms with Crippen LogP contribution in [0.5, 0.6) is 0 Å². The predicted molar refractivity (Wildman–Crippen MR) is 407 cm³/mol. The molecule has 20 nitrogen and oxygen atoms in total. The number of aromatic nitrogens is 20. The SMILES string of the molecule is CC(C)Cc1cc[n+](C)c(-c2cn3ccnc3n2C)c1.CC(C)c1ccc(-c2cn3ccnc3n2C)[n+](C)c1.Cn1c(-c2cc(C3CCCC3)cc[n+]2C)cn2ccnc12.Cn1c(-c2cc(C3CCCCC3)cc[n+]2C)cn2ccnc12.Cn1c(-c2cc(CC(C)(C)C)cc[n+]2C)cn2ccnc12. The molecule has 0 aliphatic heterocycles. The quantitative estimate of drug-likeness (QED) is 0.119. The van der Waals surface area contributed by atoms with Crippen LogP contribution >= 0.6 is 0 Å². The van der Waals surface area contributed by atoms with E-state index in [0.717, 1.165) is 53.6 Å². The van der Waals surface area contributed by atoms with Crippen molar-refractivity contribution in [3.63, 3.8) is 0 Å². The molecule has 0 aromatic carbocycles. The number of nitrogens with zero attached hydrogens (tertiary/aromatic N) is 20. The number of hydrogen-bond acceptors (Lipinski definition) is 5. The maximum Gasteiger partial charge on any atom is 0.230 e. The van der Waals surface area contributed by atoms with Gasteiger partial charge in [-0.2, -0.15) is 22.8 Å². The van der Waals surface area contributed by atoms with Gasteiger partial charge in [-0.25, -0.2) is 24.9 Å². The summed E-state index contributed by atoms with van der Waals surface area (Å²) in [4.78, 5) is 22.0. The van der Waals surface area contributed by atoms with Gasteiger partial charge >= 0.3 is 0 Å². The fraction of sp³-hybridized carbons (Fsp3) is 0.398. The van der Waals surface area contributed by atoms with Gasteiger partial charge in [-0.1, -0.05) is 80.6 Å². The zero-order valence-corrected chi connectivity index (χ0v) is 63.9. The maximum absolute atomic E-state index is 4.42. The fourth-order valence-corrected chi connectivity index (χ4v) is 15.3. The molecule has 0 spiro atoms. The summed E-state index contributed by atoms with van der Waals surface area (Å²) < 4.78 is 32.0. The van der Waals surface area contributed by atoms with Crippen LogP contribution in [0.4, 0.5) is 0 Å². The zero-order chi connectivity index (χ0) is 72.5. The van der Waals surface area contributed by atoms with Crippen LogP contribution in [0.15, 0.2) is 185 Å². The third-order valence-electron chi connectivity index (χ3n) is 21.0. The normalized spacial score (nSPS) is 13.7. The highest BCUT2D eigenvalue weighted by molar-refractivity contribution is 5.61. The summed E-state index contributed by atoms with van der Waals surface area (Å²) >= 11 is 0. The summed E-state index contributed by atoms with van der Waals surface area (Å²) in [5.74, 6) is 7.55. The molecule has 0 unspecified atom stereocenters. The van der Waals surface area contributed by atoms with E-state index in [1.165, 1.54) is 143 Å². The van der Waals surface area contributed by atoms with Crippen LogP contribution in [-0.4, -0.2) is 69.8 Å². The number of pyridine rings is 5. The zero-order valence-electron chi connectivity index (χ0n) is 63.9. The van der Waals surface area contributed by atoms with Gasteiger partial charge < -0.3 is 22.8 Å². The first-order chi connectivity index (χ1) is 49.5. The Labute approximate surface area is 606 Å². The Hall–Kier alpha value is -10.5. The lowest BCUT2D eigenvalue weighted by molar-refractivity contribution is -0.661. The van der Waals surface area contributed by atoms with Crippen LogP contribution in [-0.2, 0) is 83.3 Å². The van der Waals surface area contributed by atoms with Crippen molar-refractivity contribution in [1.29, 1.82) is 0 Å². The van der Waals surface area contributed by atoms with E-state index >= 15 is 0 Å². The number of aryl methyl sites for hydroxylation is 10. The van der Waals surface area contributed by atoms with Crippen molar-refractivity contribution in [1.82, 2.24) is 69.8 Å². The standard InChI is InChI=1S/C18H23N4.C17H21N4.C17H23N4.C16H21N4.C15H19N4/c1-20-10-8-15(14-6-4-3-5-7-14)12-16(20)17-13-22-11-9-19-18(22)21(17)2;1-19-9-7-14(13-5-3-4-6-13)11-15(19)16-12-21-10-8-18-17(21)20(16)2;1-17(2,3)11-13-6-8-19(4)14(10-13)15-12-21-9-7-18-16(21)20(15)5;1-12(2)9-13-5-7-18(3)14(10-13)15-11-20-8-6-17-16(20)19(15)4;1-11(2)12-5-6-13(17(3)9-12)14-10-19-8-7-16-15(19)18(14)4/h8-14H,3-7H2,1-2H3;7-13H,3-6H2,1-2H3;6-10,12H,11H2,1-5H3;5-8,10-12H,9H2,1-4H3;5-11H,1-4H3/q5*+1. The van der Waals surface area contributed by atoms with Crippen LogP contribution in [0.1, 0.15) is 152 Å². The average Bonchev–Trinajstić information content (AvgIpc) is 1.67. The second-order valence-corrected chi connectivity index (χ2v) is 30.8. The Balaban J connectivity index is 0.000000115. The Bertz CT molecular complexity index is 5420. The average molecular weight is 1380 g/mol. The Morgan fingerprint density at radius 1 is 0.388 bits per heavy atom. The van der Waals surface area contributed by atoms with E-state index < -0.39 is 0 Å². The van der Waals surface area contributed by atoms with Crippen LogP contribution in [0.2, 0.25) is 0 Å². The topological polar surface area (TPSA) is 131 Å². The van der Waals surface area contributed by atoms with E-state index in [1.807, 2.05) is 73.4 Å². The third kappa shape index (κ3) is 15.1. The molecule has 534 valence electrons. The van der Waals surface area contributed by atoms with Crippen LogP contribution in [0.3, 0.4) is 0 Å². The highest BCUT2D eigenvalue weighted by Gasteiger charge is 2.27. The van der Waals surface area contributed by atoms with E-state index in [-0.39, 0.29) is 0 Å². The minimum atomic E-state index is 0.292. The summed E-state index contributed by atoms with van der Waals surface area (Å²) in [5, 5.41) is 0. The molecule has 15 heterocycles. The molecule has 2 saturated carbocycles. The molecular weight excluding hydrogens is 1280 g/mol. The molecule has 2 fully saturated rings. The largest absolute Gasteiger partial charge is 0.308 e. The number of imidazole rings is 10. The summed E-state index contributed by atoms with van der Waals surface area (Å²) in [7, 11) is 20.9. The highest BCUT2D eigenvalue weighted by Crippen LogP contribution is 2.36. The van der Waals surface area contributed by atoms with Crippen LogP contribution in [0, 0.1) is 11.3 Å². The first kappa shape index (κ1) is 70.9. The number of fused-ring (bicyclic) bond motifs is 5. The second kappa shape index (κ2) is 29.8. The van der Waals surface area contributed by atoms with Gasteiger partial charge in [-0.3, -0.25) is 22.0 Å². The van der Waals surface area contributed by atoms with Gasteiger partial charge in [0, 0.05) is 188 Å². The molecule has 2 aliphatic carbocycles. The molecule has 0 saturated heterocycles. The van der Waals surface area contributed by atoms with Crippen molar-refractivity contribution in [3.05, 3.63) is 212 Å². The van der Waals surface area contributed by atoms with E-state index in [1.54, 1.807) is 0 Å². The molecule has 20 heteroatoms. The van der Waals surface area contributed by atoms with Gasteiger partial charge in [0.25, 0.3) is 0 Å². The third-order valence-corrected chi connectivity index (χ3v) is 21.0. The van der Waals surface area contributed by atoms with Crippen molar-refractivity contribution in [2.24, 2.45) is 81.8 Å². The Kier molecular flexibility index (Phi) is 20.5. The first-order valence-corrected chi connectivity index (χ1v) is 36.9. The minimum Gasteiger partial charge on any atom is -0.308 e. The minimum absolute atomic E-state index is 0.292. The van der Waals surface area contributed by atoms with Crippen molar-refractivity contribution in [2.75, 3.05) is 0 Å². The van der Waals surface area contributed by atoms with Crippen molar-refractivity contribution >= 4 is 28.9 Å². The number of hydrogen-bond donors (Lipinski definition) is 0. The molecule has 0 amide bonds. The molecule has 103 heavy (non-hydrogen) atoms. The van der Waals surface area contributed by atoms with E-state index in [9.17, 15) is 0 Å². The molecule has 0 bridgehead atoms. The molecule has 0 N–H and O–H groups in total. The maximum atomic E-state index is 4.42. The number of rotatable bonds is 11. The van der Waals surface area contributed by atoms with Crippen LogP contribution < -0.4 is 22.8 Å². The molecule has 0 radical (unpaired) electrons. The lowest BCUT2D eigenvalue weighted by Crippen LogP contribution is -2.32. The summed E-state index contributed by atoms with van der Waals surface area (Å²) in [6, 6.07) is 22.7. The van der Waals surface area contributed by atoms with Gasteiger partial charge in [-0.15, -0.1) is 0 Å². The molecule has 2 aliphatic rings. The molecule has 0 atom stereocenters. The van der Waals surface area contributed by atoms with Gasteiger partial charge in [-0.05, 0) is 95.9 Å². The molecule has 15 aromatic rings. The molecule has 17 rings (SSSR count). The van der Waals surface area contributed by atoms with Gasteiger partial charge in [0.15, 0.2) is 31.0 Å². The van der Waals surface area contributed by atoms with Gasteiger partial charge in [0.2, 0.25) is 57.4 Å². The van der Waals surface area contributed by atoms with Gasteiger partial charge in [0.05, 0.1) is 0 Å². The van der Waals surface area contributed by atoms with Crippen LogP contribution in [0.25, 0.3) is 85.8 Å². The van der Waals surface area contributed by atoms with Crippen molar-refractivity contribution < 1.29 is 22.8 Å². The molecular formula is C83H107N20+5. The summed E-state index contributed by atoms with van der Waals surface area (Å²) in [6.45, 7) is 15.8. The Morgan fingerprint density at radius 2 is 0.709 bits per heavy atom. The first-order valence-electron chi connectivity index (χ1n) is 36.9. The van der Waals surface area contributed by atoms with E-state index in [2.05, 4.69) is 323 Å². The van der Waals surface area contributed by atoms with Gasteiger partial charge in [0.1, 0.15) is 63.7 Å². The molecule has 15 aromatic heterocycles. The predicted octanol–water partition coefficient (Wildman–Crippen LogP) is 13.4. The highest BCUT2D eigenvalue weighted by atomic mass is 15.2. The van der Waals surface area contributed by atoms with Crippen molar-refractivity contribution in [3.8, 4) is 56.9 Å². The fourth-order valence-electron chi connectivity index (χ4n) is 15.3. The smallest absolute Gasteiger partial charge is 0.230 e. The van der Waals surface area contributed by atoms with E-state index in [0.29, 0.717) is 17.3 Å². The summed E-state index contributed by atoms with van der Waals surface area (Å²) in [5.41, 5.74) is 19.5.